The lowest BCUT2D eigenvalue weighted by Gasteiger charge is -2.06. The molecule has 2 aromatic heterocycles. The smallest absolute Gasteiger partial charge is 0.167 e. The van der Waals surface area contributed by atoms with E-state index in [2.05, 4.69) is 28.3 Å². The molecule has 0 radical (unpaired) electrons. The zero-order valence-corrected chi connectivity index (χ0v) is 14.0. The number of allylic oxidation sites excluding steroid dienone is 1. The van der Waals surface area contributed by atoms with E-state index >= 15 is 0 Å². The molecule has 0 bridgehead atoms. The normalized spacial score (nSPS) is 14.1. The van der Waals surface area contributed by atoms with Gasteiger partial charge in [-0.15, -0.1) is 0 Å². The lowest BCUT2D eigenvalue weighted by molar-refractivity contribution is 0.456. The third-order valence-corrected chi connectivity index (χ3v) is 4.64. The highest BCUT2D eigenvalue weighted by Crippen LogP contribution is 2.37. The third kappa shape index (κ3) is 2.52. The van der Waals surface area contributed by atoms with Crippen molar-refractivity contribution in [3.05, 3.63) is 95.9 Å². The Morgan fingerprint density at radius 1 is 0.808 bits per heavy atom. The molecule has 124 valence electrons. The summed E-state index contributed by atoms with van der Waals surface area (Å²) in [4.78, 5) is 9.11. The molecule has 0 N–H and O–H groups in total. The summed E-state index contributed by atoms with van der Waals surface area (Å²) in [6, 6.07) is 20.5. The van der Waals surface area contributed by atoms with Gasteiger partial charge in [0.15, 0.2) is 5.58 Å². The fraction of sp³-hybridized carbons (Fsp3) is 0.0455. The SMILES string of the molecule is c1ccc(C2=NC(c3ccncc3)=C(c3ccc4cnoc4c3)C2)cc1. The first kappa shape index (κ1) is 14.8. The Balaban J connectivity index is 1.65. The second-order valence-corrected chi connectivity index (χ2v) is 6.24. The fourth-order valence-corrected chi connectivity index (χ4v) is 3.33. The van der Waals surface area contributed by atoms with Crippen LogP contribution in [0.2, 0.25) is 0 Å². The van der Waals surface area contributed by atoms with E-state index in [9.17, 15) is 0 Å². The lowest BCUT2D eigenvalue weighted by Crippen LogP contribution is -1.97. The quantitative estimate of drug-likeness (QED) is 0.529. The summed E-state index contributed by atoms with van der Waals surface area (Å²) in [5, 5.41) is 4.88. The van der Waals surface area contributed by atoms with Crippen molar-refractivity contribution in [1.29, 1.82) is 0 Å². The Bertz CT molecular complexity index is 1140. The maximum absolute atomic E-state index is 5.35. The van der Waals surface area contributed by atoms with E-state index in [0.29, 0.717) is 0 Å². The molecule has 0 atom stereocenters. The van der Waals surface area contributed by atoms with Crippen molar-refractivity contribution in [3.63, 3.8) is 0 Å². The van der Waals surface area contributed by atoms with Gasteiger partial charge in [-0.1, -0.05) is 41.6 Å². The van der Waals surface area contributed by atoms with Crippen LogP contribution in [-0.4, -0.2) is 15.9 Å². The van der Waals surface area contributed by atoms with Gasteiger partial charge < -0.3 is 4.52 Å². The first-order valence-corrected chi connectivity index (χ1v) is 8.50. The Hall–Kier alpha value is -3.53. The Morgan fingerprint density at radius 2 is 1.65 bits per heavy atom. The zero-order chi connectivity index (χ0) is 17.3. The Kier molecular flexibility index (Phi) is 3.46. The molecule has 26 heavy (non-hydrogen) atoms. The standard InChI is InChI=1S/C22H15N3O/c1-2-4-15(5-3-1)20-13-19(22(25-20)16-8-10-23-11-9-16)17-6-7-18-14-24-26-21(18)12-17/h1-12,14H,13H2. The second-order valence-electron chi connectivity index (χ2n) is 6.24. The average molecular weight is 337 g/mol. The summed E-state index contributed by atoms with van der Waals surface area (Å²) in [6.07, 6.45) is 6.12. The van der Waals surface area contributed by atoms with Crippen molar-refractivity contribution in [3.8, 4) is 0 Å². The minimum absolute atomic E-state index is 0.779. The number of hydrogen-bond acceptors (Lipinski definition) is 4. The number of benzene rings is 2. The Labute approximate surface area is 150 Å². The van der Waals surface area contributed by atoms with E-state index in [1.54, 1.807) is 18.6 Å². The molecule has 2 aromatic carbocycles. The molecule has 3 heterocycles. The molecule has 4 heteroatoms. The van der Waals surface area contributed by atoms with Gasteiger partial charge in [-0.05, 0) is 41.0 Å². The number of rotatable bonds is 3. The number of aliphatic imine (C=N–C) groups is 1. The van der Waals surface area contributed by atoms with Gasteiger partial charge in [0.2, 0.25) is 0 Å². The molecule has 0 amide bonds. The number of hydrogen-bond donors (Lipinski definition) is 0. The van der Waals surface area contributed by atoms with E-state index in [-0.39, 0.29) is 0 Å². The molecule has 0 saturated carbocycles. The van der Waals surface area contributed by atoms with Gasteiger partial charge in [-0.2, -0.15) is 0 Å². The minimum Gasteiger partial charge on any atom is -0.356 e. The molecule has 4 nitrogen and oxygen atoms in total. The van der Waals surface area contributed by atoms with E-state index in [1.807, 2.05) is 42.5 Å². The van der Waals surface area contributed by atoms with Crippen molar-refractivity contribution in [2.45, 2.75) is 6.42 Å². The van der Waals surface area contributed by atoms with Crippen molar-refractivity contribution >= 4 is 28.0 Å². The van der Waals surface area contributed by atoms with Crippen LogP contribution < -0.4 is 0 Å². The number of pyridine rings is 1. The first-order valence-electron chi connectivity index (χ1n) is 8.50. The summed E-state index contributed by atoms with van der Waals surface area (Å²) in [7, 11) is 0. The van der Waals surface area contributed by atoms with Crippen LogP contribution in [0.5, 0.6) is 0 Å². The zero-order valence-electron chi connectivity index (χ0n) is 14.0. The molecular weight excluding hydrogens is 322 g/mol. The van der Waals surface area contributed by atoms with Crippen molar-refractivity contribution in [2.24, 2.45) is 4.99 Å². The van der Waals surface area contributed by atoms with Gasteiger partial charge in [0.05, 0.1) is 17.6 Å². The maximum atomic E-state index is 5.35. The van der Waals surface area contributed by atoms with Gasteiger partial charge in [-0.3, -0.25) is 9.98 Å². The topological polar surface area (TPSA) is 51.3 Å². The molecule has 0 fully saturated rings. The molecule has 0 aliphatic carbocycles. The van der Waals surface area contributed by atoms with Crippen LogP contribution in [-0.2, 0) is 0 Å². The third-order valence-electron chi connectivity index (χ3n) is 4.64. The van der Waals surface area contributed by atoms with E-state index in [0.717, 1.165) is 45.5 Å². The number of fused-ring (bicyclic) bond motifs is 1. The predicted molar refractivity (Wildman–Crippen MR) is 103 cm³/mol. The van der Waals surface area contributed by atoms with E-state index < -0.39 is 0 Å². The highest BCUT2D eigenvalue weighted by molar-refractivity contribution is 6.17. The van der Waals surface area contributed by atoms with Crippen molar-refractivity contribution < 1.29 is 4.52 Å². The second kappa shape index (κ2) is 6.08. The van der Waals surface area contributed by atoms with Crippen molar-refractivity contribution in [2.75, 3.05) is 0 Å². The summed E-state index contributed by atoms with van der Waals surface area (Å²) in [6.45, 7) is 0. The number of aromatic nitrogens is 2. The first-order chi connectivity index (χ1) is 12.9. The van der Waals surface area contributed by atoms with E-state index in [4.69, 9.17) is 9.52 Å². The van der Waals surface area contributed by atoms with Crippen LogP contribution in [0.1, 0.15) is 23.1 Å². The van der Waals surface area contributed by atoms with Crippen LogP contribution in [0.3, 0.4) is 0 Å². The van der Waals surface area contributed by atoms with Crippen LogP contribution in [0, 0.1) is 0 Å². The summed E-state index contributed by atoms with van der Waals surface area (Å²) in [5.74, 6) is 0. The molecule has 0 saturated heterocycles. The summed E-state index contributed by atoms with van der Waals surface area (Å²) < 4.78 is 5.35. The highest BCUT2D eigenvalue weighted by atomic mass is 16.5. The van der Waals surface area contributed by atoms with Crippen molar-refractivity contribution in [1.82, 2.24) is 10.1 Å². The van der Waals surface area contributed by atoms with Crippen LogP contribution in [0.4, 0.5) is 0 Å². The van der Waals surface area contributed by atoms with Crippen LogP contribution in [0.15, 0.2) is 88.8 Å². The van der Waals surface area contributed by atoms with Crippen LogP contribution >= 0.6 is 0 Å². The average Bonchev–Trinajstić information content (AvgIpc) is 3.36. The Morgan fingerprint density at radius 3 is 2.50 bits per heavy atom. The van der Waals surface area contributed by atoms with Gasteiger partial charge in [0, 0.05) is 29.8 Å². The lowest BCUT2D eigenvalue weighted by atomic mass is 9.96. The molecular formula is C22H15N3O. The van der Waals surface area contributed by atoms with Gasteiger partial charge in [0.25, 0.3) is 0 Å². The van der Waals surface area contributed by atoms with Gasteiger partial charge in [0.1, 0.15) is 0 Å². The van der Waals surface area contributed by atoms with E-state index in [1.165, 1.54) is 5.57 Å². The molecule has 1 aliphatic heterocycles. The molecule has 4 aromatic rings. The minimum atomic E-state index is 0.779. The monoisotopic (exact) mass is 337 g/mol. The molecule has 1 aliphatic rings. The van der Waals surface area contributed by atoms with Crippen LogP contribution in [0.25, 0.3) is 22.2 Å². The fourth-order valence-electron chi connectivity index (χ4n) is 3.33. The number of nitrogens with zero attached hydrogens (tertiary/aromatic N) is 3. The molecule has 0 spiro atoms. The largest absolute Gasteiger partial charge is 0.356 e. The molecule has 5 rings (SSSR count). The summed E-state index contributed by atoms with van der Waals surface area (Å²) >= 11 is 0. The van der Waals surface area contributed by atoms with Gasteiger partial charge >= 0.3 is 0 Å². The maximum Gasteiger partial charge on any atom is 0.167 e. The van der Waals surface area contributed by atoms with Gasteiger partial charge in [-0.25, -0.2) is 0 Å². The highest BCUT2D eigenvalue weighted by Gasteiger charge is 2.22. The summed E-state index contributed by atoms with van der Waals surface area (Å²) in [5.41, 5.74) is 7.37. The molecule has 0 unspecified atom stereocenters. The predicted octanol–water partition coefficient (Wildman–Crippen LogP) is 4.98.